The van der Waals surface area contributed by atoms with Gasteiger partial charge < -0.3 is 106 Å². The summed E-state index contributed by atoms with van der Waals surface area (Å²) in [6.07, 6.45) is -28.9. The van der Waals surface area contributed by atoms with Crippen LogP contribution in [0.2, 0.25) is 0 Å². The van der Waals surface area contributed by atoms with Crippen LogP contribution in [-0.2, 0) is 33.2 Å². The lowest BCUT2D eigenvalue weighted by Gasteiger charge is -2.47. The van der Waals surface area contributed by atoms with Gasteiger partial charge in [-0.3, -0.25) is 0 Å². The maximum Gasteiger partial charge on any atom is 0.187 e. The van der Waals surface area contributed by atoms with Crippen LogP contribution >= 0.6 is 0 Å². The van der Waals surface area contributed by atoms with Crippen molar-refractivity contribution >= 4 is 0 Å². The first-order valence-electron chi connectivity index (χ1n) is 14.3. The van der Waals surface area contributed by atoms with E-state index in [4.69, 9.17) is 44.6 Å². The van der Waals surface area contributed by atoms with E-state index in [1.807, 2.05) is 0 Å². The van der Waals surface area contributed by atoms with Crippen molar-refractivity contribution in [1.29, 1.82) is 0 Å². The van der Waals surface area contributed by atoms with Gasteiger partial charge in [0.25, 0.3) is 0 Å². The molecule has 4 rings (SSSR count). The highest BCUT2D eigenvalue weighted by atomic mass is 16.7. The fourth-order valence-electron chi connectivity index (χ4n) is 5.53. The SMILES string of the molecule is N[C@H]1[C@H](OC[C@H]2OC(O)[C@H](N)[C@@H](O[C@@H]3O[C@H](CO)[C@H](O)[C@H](O)[C@H]3O)[C@H]2O)O[C@H](CO)[C@@H](O[C@@H]2O[C@H](CO)[C@H](O)[C@H](O)[C@H]2O)[C@@H]1O. The van der Waals surface area contributed by atoms with Crippen molar-refractivity contribution in [1.82, 2.24) is 0 Å². The molecule has 0 spiro atoms. The molecular weight excluding hydrogens is 620 g/mol. The van der Waals surface area contributed by atoms with E-state index >= 15 is 0 Å². The van der Waals surface area contributed by atoms with Crippen LogP contribution in [0, 0.1) is 0 Å². The summed E-state index contributed by atoms with van der Waals surface area (Å²) in [5.74, 6) is 0. The number of hydrogen-bond acceptors (Lipinski definition) is 21. The molecule has 4 saturated heterocycles. The molecule has 4 aliphatic rings. The van der Waals surface area contributed by atoms with E-state index in [0.717, 1.165) is 0 Å². The third kappa shape index (κ3) is 7.59. The van der Waals surface area contributed by atoms with Gasteiger partial charge in [-0.1, -0.05) is 0 Å². The Kier molecular flexibility index (Phi) is 12.8. The molecule has 0 saturated carbocycles. The second-order valence-electron chi connectivity index (χ2n) is 11.4. The Labute approximate surface area is 255 Å². The Morgan fingerprint density at radius 2 is 0.911 bits per heavy atom. The number of hydrogen-bond donors (Lipinski definition) is 14. The number of aliphatic hydroxyl groups is 12. The molecule has 45 heavy (non-hydrogen) atoms. The predicted octanol–water partition coefficient (Wildman–Crippen LogP) is -9.82. The second-order valence-corrected chi connectivity index (χ2v) is 11.4. The highest BCUT2D eigenvalue weighted by Crippen LogP contribution is 2.31. The molecule has 0 bridgehead atoms. The van der Waals surface area contributed by atoms with Gasteiger partial charge in [-0.2, -0.15) is 0 Å². The predicted molar refractivity (Wildman–Crippen MR) is 138 cm³/mol. The van der Waals surface area contributed by atoms with Gasteiger partial charge in [-0.25, -0.2) is 0 Å². The summed E-state index contributed by atoms with van der Waals surface area (Å²) in [5, 5.41) is 122. The van der Waals surface area contributed by atoms with E-state index in [1.165, 1.54) is 0 Å². The number of nitrogens with two attached hydrogens (primary N) is 2. The second kappa shape index (κ2) is 15.6. The van der Waals surface area contributed by atoms with Gasteiger partial charge in [0.05, 0.1) is 38.5 Å². The lowest BCUT2D eigenvalue weighted by Crippen LogP contribution is -2.67. The minimum absolute atomic E-state index is 0.582. The largest absolute Gasteiger partial charge is 0.394 e. The van der Waals surface area contributed by atoms with E-state index in [1.54, 1.807) is 0 Å². The minimum Gasteiger partial charge on any atom is -0.394 e. The van der Waals surface area contributed by atoms with E-state index < -0.39 is 149 Å². The van der Waals surface area contributed by atoms with Crippen molar-refractivity contribution < 1.29 is 94.4 Å². The third-order valence-corrected chi connectivity index (χ3v) is 8.35. The monoisotopic (exact) mass is 664 g/mol. The number of ether oxygens (including phenoxy) is 7. The zero-order valence-electron chi connectivity index (χ0n) is 23.8. The Morgan fingerprint density at radius 3 is 1.40 bits per heavy atom. The maximum atomic E-state index is 11.0. The lowest BCUT2D eigenvalue weighted by atomic mass is 9.95. The Bertz CT molecular complexity index is 922. The molecule has 4 fully saturated rings. The van der Waals surface area contributed by atoms with Crippen molar-refractivity contribution in [2.75, 3.05) is 26.4 Å². The molecule has 21 heteroatoms. The number of rotatable bonds is 10. The molecule has 0 aromatic carbocycles. The van der Waals surface area contributed by atoms with Gasteiger partial charge in [0, 0.05) is 0 Å². The van der Waals surface area contributed by atoms with E-state index in [2.05, 4.69) is 0 Å². The highest BCUT2D eigenvalue weighted by Gasteiger charge is 2.52. The Hall–Kier alpha value is -0.840. The van der Waals surface area contributed by atoms with Crippen molar-refractivity contribution in [3.8, 4) is 0 Å². The van der Waals surface area contributed by atoms with Crippen LogP contribution in [-0.4, -0.2) is 210 Å². The first kappa shape index (κ1) is 37.0. The summed E-state index contributed by atoms with van der Waals surface area (Å²) in [5.41, 5.74) is 12.0. The first-order chi connectivity index (χ1) is 21.2. The Morgan fingerprint density at radius 1 is 0.444 bits per heavy atom. The van der Waals surface area contributed by atoms with Gasteiger partial charge in [0.2, 0.25) is 0 Å². The molecule has 0 aromatic heterocycles. The summed E-state index contributed by atoms with van der Waals surface area (Å²) >= 11 is 0. The van der Waals surface area contributed by atoms with Gasteiger partial charge >= 0.3 is 0 Å². The molecule has 21 nitrogen and oxygen atoms in total. The van der Waals surface area contributed by atoms with Crippen LogP contribution < -0.4 is 11.5 Å². The topological polar surface area (TPSA) is 359 Å². The molecule has 20 atom stereocenters. The van der Waals surface area contributed by atoms with Gasteiger partial charge in [-0.15, -0.1) is 0 Å². The summed E-state index contributed by atoms with van der Waals surface area (Å²) in [6.45, 7) is -2.85. The third-order valence-electron chi connectivity index (χ3n) is 8.35. The zero-order valence-corrected chi connectivity index (χ0v) is 23.8. The average molecular weight is 665 g/mol. The molecule has 1 unspecified atom stereocenters. The summed E-state index contributed by atoms with van der Waals surface area (Å²) in [6, 6.07) is -2.82. The standard InChI is InChI=1S/C24H44N2O19/c25-9-14(33)19(44-23-17(36)15(34)11(30)5(1-27)41-23)7(3-29)43-22(9)39-4-8-13(32)20(10(26)21(38)40-8)45-24-18(37)16(35)12(31)6(2-28)42-24/h5-24,27-38H,1-4,25-26H2/t5-,6-,7-,8-,9-,10-,11+,12+,13+,14-,15+,16+,17-,18-,19-,20-,21?,22-,23+,24+/m1/s1. The average Bonchev–Trinajstić information content (AvgIpc) is 3.03. The maximum absolute atomic E-state index is 11.0. The normalized spacial score (nSPS) is 52.9. The molecule has 0 aliphatic carbocycles. The molecule has 264 valence electrons. The Balaban J connectivity index is 1.38. The fourth-order valence-corrected chi connectivity index (χ4v) is 5.53. The van der Waals surface area contributed by atoms with Crippen molar-refractivity contribution in [2.24, 2.45) is 11.5 Å². The van der Waals surface area contributed by atoms with Crippen molar-refractivity contribution in [3.05, 3.63) is 0 Å². The smallest absolute Gasteiger partial charge is 0.187 e. The van der Waals surface area contributed by atoms with Crippen LogP contribution in [0.5, 0.6) is 0 Å². The van der Waals surface area contributed by atoms with Gasteiger partial charge in [0.1, 0.15) is 85.5 Å². The summed E-state index contributed by atoms with van der Waals surface area (Å²) < 4.78 is 38.2. The summed E-state index contributed by atoms with van der Waals surface area (Å²) in [7, 11) is 0. The van der Waals surface area contributed by atoms with E-state index in [0.29, 0.717) is 0 Å². The van der Waals surface area contributed by atoms with Crippen LogP contribution in [0.3, 0.4) is 0 Å². The van der Waals surface area contributed by atoms with Crippen LogP contribution in [0.1, 0.15) is 0 Å². The highest BCUT2D eigenvalue weighted by molar-refractivity contribution is 4.98. The molecule has 4 heterocycles. The first-order valence-corrected chi connectivity index (χ1v) is 14.3. The van der Waals surface area contributed by atoms with Crippen molar-refractivity contribution in [3.63, 3.8) is 0 Å². The molecule has 16 N–H and O–H groups in total. The quantitative estimate of drug-likeness (QED) is 0.103. The van der Waals surface area contributed by atoms with Gasteiger partial charge in [0.15, 0.2) is 25.2 Å². The molecule has 0 aromatic rings. The fraction of sp³-hybridized carbons (Fsp3) is 1.00. The molecule has 0 amide bonds. The van der Waals surface area contributed by atoms with E-state index in [-0.39, 0.29) is 0 Å². The van der Waals surface area contributed by atoms with Gasteiger partial charge in [-0.05, 0) is 0 Å². The van der Waals surface area contributed by atoms with E-state index in [9.17, 15) is 61.3 Å². The summed E-state index contributed by atoms with van der Waals surface area (Å²) in [4.78, 5) is 0. The van der Waals surface area contributed by atoms with Crippen LogP contribution in [0.15, 0.2) is 0 Å². The number of aliphatic hydroxyl groups excluding tert-OH is 12. The minimum atomic E-state index is -1.83. The van der Waals surface area contributed by atoms with Crippen LogP contribution in [0.25, 0.3) is 0 Å². The zero-order chi connectivity index (χ0) is 33.3. The molecule has 4 aliphatic heterocycles. The molecular formula is C24H44N2O19. The van der Waals surface area contributed by atoms with Crippen molar-refractivity contribution in [2.45, 2.75) is 123 Å². The lowest BCUT2D eigenvalue weighted by molar-refractivity contribution is -0.354. The van der Waals surface area contributed by atoms with Crippen LogP contribution in [0.4, 0.5) is 0 Å². The molecule has 0 radical (unpaired) electrons.